The molecule has 3 rings (SSSR count). The highest BCUT2D eigenvalue weighted by molar-refractivity contribution is 7.11. The normalized spacial score (nSPS) is 14.2. The Kier molecular flexibility index (Phi) is 3.57. The SMILES string of the molecule is Cc1nc(COc2cccc3c2CCCC3=O)sc1C. The molecule has 0 radical (unpaired) electrons. The molecule has 0 amide bonds. The van der Waals surface area contributed by atoms with Crippen molar-refractivity contribution in [1.82, 2.24) is 4.98 Å². The van der Waals surface area contributed by atoms with Crippen LogP contribution in [0.15, 0.2) is 18.2 Å². The monoisotopic (exact) mass is 287 g/mol. The second-order valence-electron chi connectivity index (χ2n) is 5.10. The highest BCUT2D eigenvalue weighted by Gasteiger charge is 2.20. The molecule has 4 heteroatoms. The van der Waals surface area contributed by atoms with E-state index in [1.54, 1.807) is 11.3 Å². The largest absolute Gasteiger partial charge is 0.486 e. The molecule has 0 bridgehead atoms. The highest BCUT2D eigenvalue weighted by Crippen LogP contribution is 2.30. The summed E-state index contributed by atoms with van der Waals surface area (Å²) in [5.74, 6) is 1.07. The van der Waals surface area contributed by atoms with Crippen LogP contribution in [0.5, 0.6) is 5.75 Å². The standard InChI is InChI=1S/C16H17NO2S/c1-10-11(2)20-16(17-10)9-19-15-8-4-5-12-13(15)6-3-7-14(12)18/h4-5,8H,3,6-7,9H2,1-2H3. The Morgan fingerprint density at radius 3 is 2.90 bits per heavy atom. The van der Waals surface area contributed by atoms with Crippen molar-refractivity contribution >= 4 is 17.1 Å². The van der Waals surface area contributed by atoms with E-state index in [2.05, 4.69) is 11.9 Å². The van der Waals surface area contributed by atoms with Gasteiger partial charge in [0.15, 0.2) is 5.78 Å². The van der Waals surface area contributed by atoms with Crippen LogP contribution in [0.4, 0.5) is 0 Å². The number of thiazole rings is 1. The fraction of sp³-hybridized carbons (Fsp3) is 0.375. The van der Waals surface area contributed by atoms with Gasteiger partial charge in [-0.15, -0.1) is 11.3 Å². The van der Waals surface area contributed by atoms with Crippen molar-refractivity contribution in [1.29, 1.82) is 0 Å². The van der Waals surface area contributed by atoms with Gasteiger partial charge in [-0.25, -0.2) is 4.98 Å². The molecule has 0 unspecified atom stereocenters. The van der Waals surface area contributed by atoms with Crippen LogP contribution < -0.4 is 4.74 Å². The minimum absolute atomic E-state index is 0.234. The topological polar surface area (TPSA) is 39.2 Å². The molecule has 0 aliphatic heterocycles. The van der Waals surface area contributed by atoms with E-state index >= 15 is 0 Å². The zero-order valence-corrected chi connectivity index (χ0v) is 12.5. The summed E-state index contributed by atoms with van der Waals surface area (Å²) >= 11 is 1.67. The average Bonchev–Trinajstić information content (AvgIpc) is 2.76. The van der Waals surface area contributed by atoms with Gasteiger partial charge in [0.25, 0.3) is 0 Å². The molecule has 0 N–H and O–H groups in total. The van der Waals surface area contributed by atoms with E-state index in [1.165, 1.54) is 4.88 Å². The Hall–Kier alpha value is -1.68. The van der Waals surface area contributed by atoms with E-state index in [0.717, 1.165) is 40.4 Å². The fourth-order valence-electron chi connectivity index (χ4n) is 2.52. The lowest BCUT2D eigenvalue weighted by atomic mass is 9.90. The summed E-state index contributed by atoms with van der Waals surface area (Å²) in [4.78, 5) is 17.6. The van der Waals surface area contributed by atoms with Crippen LogP contribution in [-0.4, -0.2) is 10.8 Å². The Labute approximate surface area is 122 Å². The van der Waals surface area contributed by atoms with Crippen molar-refractivity contribution in [2.75, 3.05) is 0 Å². The minimum atomic E-state index is 0.234. The maximum absolute atomic E-state index is 11.9. The van der Waals surface area contributed by atoms with Gasteiger partial charge in [0, 0.05) is 22.4 Å². The van der Waals surface area contributed by atoms with E-state index in [-0.39, 0.29) is 5.78 Å². The van der Waals surface area contributed by atoms with Gasteiger partial charge < -0.3 is 4.74 Å². The molecule has 1 aromatic carbocycles. The molecule has 2 aromatic rings. The Bertz CT molecular complexity index is 641. The number of rotatable bonds is 3. The van der Waals surface area contributed by atoms with Crippen LogP contribution >= 0.6 is 11.3 Å². The van der Waals surface area contributed by atoms with Gasteiger partial charge in [-0.1, -0.05) is 12.1 Å². The van der Waals surface area contributed by atoms with E-state index in [0.29, 0.717) is 13.0 Å². The number of Topliss-reactive ketones (excluding diaryl/α,β-unsaturated/α-hetero) is 1. The van der Waals surface area contributed by atoms with Gasteiger partial charge in [-0.05, 0) is 32.8 Å². The number of carbonyl (C=O) groups excluding carboxylic acids is 1. The maximum Gasteiger partial charge on any atom is 0.163 e. The molecule has 1 aliphatic rings. The summed E-state index contributed by atoms with van der Waals surface area (Å²) in [5.41, 5.74) is 2.97. The quantitative estimate of drug-likeness (QED) is 0.860. The van der Waals surface area contributed by atoms with Crippen LogP contribution in [0.25, 0.3) is 0 Å². The molecule has 0 fully saturated rings. The van der Waals surface area contributed by atoms with Crippen LogP contribution in [0.3, 0.4) is 0 Å². The van der Waals surface area contributed by atoms with Gasteiger partial charge in [0.05, 0.1) is 5.69 Å². The fourth-order valence-corrected chi connectivity index (χ4v) is 3.37. The first-order valence-corrected chi connectivity index (χ1v) is 7.67. The van der Waals surface area contributed by atoms with E-state index < -0.39 is 0 Å². The van der Waals surface area contributed by atoms with Crippen molar-refractivity contribution < 1.29 is 9.53 Å². The summed E-state index contributed by atoms with van der Waals surface area (Å²) in [6.07, 6.45) is 2.50. The third-order valence-corrected chi connectivity index (χ3v) is 4.73. The first-order valence-electron chi connectivity index (χ1n) is 6.86. The van der Waals surface area contributed by atoms with E-state index in [1.807, 2.05) is 25.1 Å². The van der Waals surface area contributed by atoms with Crippen molar-refractivity contribution in [2.24, 2.45) is 0 Å². The first-order chi connectivity index (χ1) is 9.65. The number of aromatic nitrogens is 1. The molecule has 1 heterocycles. The number of hydrogen-bond acceptors (Lipinski definition) is 4. The van der Waals surface area contributed by atoms with Gasteiger partial charge in [-0.2, -0.15) is 0 Å². The minimum Gasteiger partial charge on any atom is -0.486 e. The Morgan fingerprint density at radius 1 is 1.30 bits per heavy atom. The summed E-state index contributed by atoms with van der Waals surface area (Å²) in [5, 5.41) is 0.986. The lowest BCUT2D eigenvalue weighted by Crippen LogP contribution is -2.12. The molecular weight excluding hydrogens is 270 g/mol. The van der Waals surface area contributed by atoms with Crippen LogP contribution in [0.2, 0.25) is 0 Å². The number of hydrogen-bond donors (Lipinski definition) is 0. The smallest absolute Gasteiger partial charge is 0.163 e. The molecule has 0 atom stereocenters. The summed E-state index contributed by atoms with van der Waals surface area (Å²) < 4.78 is 5.90. The third kappa shape index (κ3) is 2.48. The summed E-state index contributed by atoms with van der Waals surface area (Å²) in [6.45, 7) is 4.56. The van der Waals surface area contributed by atoms with E-state index in [4.69, 9.17) is 4.74 Å². The lowest BCUT2D eigenvalue weighted by molar-refractivity contribution is 0.0971. The average molecular weight is 287 g/mol. The molecule has 0 saturated heterocycles. The number of carbonyl (C=O) groups is 1. The van der Waals surface area contributed by atoms with Gasteiger partial charge in [-0.3, -0.25) is 4.79 Å². The molecule has 0 saturated carbocycles. The number of aryl methyl sites for hydroxylation is 2. The summed E-state index contributed by atoms with van der Waals surface area (Å²) in [7, 11) is 0. The second-order valence-corrected chi connectivity index (χ2v) is 6.38. The molecule has 1 aromatic heterocycles. The zero-order chi connectivity index (χ0) is 14.1. The third-order valence-electron chi connectivity index (χ3n) is 3.69. The number of nitrogens with zero attached hydrogens (tertiary/aromatic N) is 1. The molecule has 0 spiro atoms. The number of fused-ring (bicyclic) bond motifs is 1. The predicted octanol–water partition coefficient (Wildman–Crippen LogP) is 3.86. The molecule has 3 nitrogen and oxygen atoms in total. The first kappa shape index (κ1) is 13.3. The number of ether oxygens (including phenoxy) is 1. The molecular formula is C16H17NO2S. The highest BCUT2D eigenvalue weighted by atomic mass is 32.1. The van der Waals surface area contributed by atoms with Crippen molar-refractivity contribution in [3.05, 3.63) is 44.9 Å². The molecule has 20 heavy (non-hydrogen) atoms. The lowest BCUT2D eigenvalue weighted by Gasteiger charge is -2.18. The van der Waals surface area contributed by atoms with Crippen molar-refractivity contribution in [2.45, 2.75) is 39.7 Å². The zero-order valence-electron chi connectivity index (χ0n) is 11.7. The van der Waals surface area contributed by atoms with E-state index in [9.17, 15) is 4.79 Å². The Balaban J connectivity index is 1.81. The van der Waals surface area contributed by atoms with Crippen LogP contribution in [-0.2, 0) is 13.0 Å². The molecule has 1 aliphatic carbocycles. The number of ketones is 1. The van der Waals surface area contributed by atoms with Crippen LogP contribution in [0.1, 0.15) is 44.3 Å². The maximum atomic E-state index is 11.9. The van der Waals surface area contributed by atoms with Gasteiger partial charge in [0.1, 0.15) is 17.4 Å². The molecule has 104 valence electrons. The predicted molar refractivity (Wildman–Crippen MR) is 79.6 cm³/mol. The summed E-state index contributed by atoms with van der Waals surface area (Å²) in [6, 6.07) is 5.75. The van der Waals surface area contributed by atoms with Crippen molar-refractivity contribution in [3.63, 3.8) is 0 Å². The van der Waals surface area contributed by atoms with Crippen molar-refractivity contribution in [3.8, 4) is 5.75 Å². The Morgan fingerprint density at radius 2 is 2.15 bits per heavy atom. The van der Waals surface area contributed by atoms with Gasteiger partial charge >= 0.3 is 0 Å². The van der Waals surface area contributed by atoms with Crippen LogP contribution in [0, 0.1) is 13.8 Å². The second kappa shape index (κ2) is 5.37. The number of benzene rings is 1. The van der Waals surface area contributed by atoms with Gasteiger partial charge in [0.2, 0.25) is 0 Å².